The summed E-state index contributed by atoms with van der Waals surface area (Å²) in [5.41, 5.74) is -3.20. The largest absolute Gasteiger partial charge is 0.446 e. The van der Waals surface area contributed by atoms with Gasteiger partial charge in [0.1, 0.15) is 10.6 Å². The first-order valence-corrected chi connectivity index (χ1v) is 13.9. The Kier molecular flexibility index (Phi) is 8.73. The first kappa shape index (κ1) is 30.1. The number of hydrogen-bond donors (Lipinski definition) is 2. The van der Waals surface area contributed by atoms with Crippen molar-refractivity contribution in [3.63, 3.8) is 0 Å². The normalized spacial score (nSPS) is 14.8. The number of hydrogen-bond acceptors (Lipinski definition) is 7. The number of pyridine rings is 1. The molecule has 1 aliphatic heterocycles. The average Bonchev–Trinajstić information content (AvgIpc) is 3.07. The van der Waals surface area contributed by atoms with Gasteiger partial charge in [0.05, 0.1) is 5.69 Å². The Balaban J connectivity index is 1.40. The summed E-state index contributed by atoms with van der Waals surface area (Å²) in [6.07, 6.45) is 1.53. The molecule has 0 atom stereocenters. The summed E-state index contributed by atoms with van der Waals surface area (Å²) in [6, 6.07) is 14.7. The van der Waals surface area contributed by atoms with Crippen LogP contribution < -0.4 is 19.8 Å². The Morgan fingerprint density at radius 1 is 1.02 bits per heavy atom. The Hall–Kier alpha value is -3.91. The van der Waals surface area contributed by atoms with E-state index in [2.05, 4.69) is 15.0 Å². The van der Waals surface area contributed by atoms with Crippen LogP contribution >= 0.6 is 23.7 Å². The fraction of sp³-hybridized carbons (Fsp3) is 0.259. The summed E-state index contributed by atoms with van der Waals surface area (Å²) in [6.45, 7) is 3.28. The second-order valence-corrected chi connectivity index (χ2v) is 11.7. The van der Waals surface area contributed by atoms with Gasteiger partial charge in [0.2, 0.25) is 0 Å². The number of nitrogens with zero attached hydrogens (tertiary/aromatic N) is 4. The maximum absolute atomic E-state index is 13.3. The van der Waals surface area contributed by atoms with Crippen molar-refractivity contribution in [3.05, 3.63) is 72.4 Å². The van der Waals surface area contributed by atoms with Crippen molar-refractivity contribution in [3.8, 4) is 0 Å². The third-order valence-electron chi connectivity index (χ3n) is 6.18. The number of anilines is 3. The van der Waals surface area contributed by atoms with E-state index in [1.54, 1.807) is 38.1 Å². The van der Waals surface area contributed by atoms with Crippen LogP contribution in [0.3, 0.4) is 0 Å². The van der Waals surface area contributed by atoms with Crippen LogP contribution in [0.25, 0.3) is 0 Å². The molecule has 0 aliphatic carbocycles. The number of carbonyl (C=O) groups excluding carboxylic acids is 3. The number of halogens is 3. The highest BCUT2D eigenvalue weighted by molar-refractivity contribution is 8.00. The zero-order valence-corrected chi connectivity index (χ0v) is 24.2. The standard InChI is InChI=1S/C27H27F3N6O3S2/c1-26(2)23(37)36(20-9-11-21(12-10-20)40-27(28,29)30)25(39)35(26)16-17-13-14-31-22(15-17)41-33-24(38)32-18-5-7-19(8-6-18)34(3)4/h5-15H,16H2,1-4H3,(H2,32,33,38). The van der Waals surface area contributed by atoms with Crippen LogP contribution in [-0.2, 0) is 11.3 Å². The Labute approximate surface area is 243 Å². The van der Waals surface area contributed by atoms with Crippen molar-refractivity contribution in [1.29, 1.82) is 0 Å². The van der Waals surface area contributed by atoms with Gasteiger partial charge >= 0.3 is 17.6 Å². The van der Waals surface area contributed by atoms with Gasteiger partial charge in [0, 0.05) is 55.1 Å². The zero-order chi connectivity index (χ0) is 29.9. The number of carbonyl (C=O) groups is 3. The molecule has 0 bridgehead atoms. The molecule has 0 radical (unpaired) electrons. The van der Waals surface area contributed by atoms with Crippen molar-refractivity contribution >= 4 is 58.7 Å². The summed E-state index contributed by atoms with van der Waals surface area (Å²) in [4.78, 5) is 47.4. The van der Waals surface area contributed by atoms with E-state index in [0.717, 1.165) is 22.5 Å². The highest BCUT2D eigenvalue weighted by Crippen LogP contribution is 2.39. The van der Waals surface area contributed by atoms with Gasteiger partial charge in [0.25, 0.3) is 5.91 Å². The predicted molar refractivity (Wildman–Crippen MR) is 154 cm³/mol. The molecule has 1 fully saturated rings. The number of alkyl halides is 3. The quantitative estimate of drug-likeness (QED) is 0.176. The van der Waals surface area contributed by atoms with Gasteiger partial charge in [-0.3, -0.25) is 9.52 Å². The van der Waals surface area contributed by atoms with E-state index in [1.807, 2.05) is 31.1 Å². The molecule has 2 aromatic carbocycles. The zero-order valence-electron chi connectivity index (χ0n) is 22.5. The van der Waals surface area contributed by atoms with Gasteiger partial charge in [0.15, 0.2) is 0 Å². The topological polar surface area (TPSA) is 97.9 Å². The molecular formula is C27H27F3N6O3S2. The monoisotopic (exact) mass is 604 g/mol. The lowest BCUT2D eigenvalue weighted by Crippen LogP contribution is -2.43. The van der Waals surface area contributed by atoms with Crippen LogP contribution in [0.4, 0.5) is 39.8 Å². The van der Waals surface area contributed by atoms with Gasteiger partial charge in [-0.1, -0.05) is 0 Å². The molecule has 2 heterocycles. The molecule has 0 saturated carbocycles. The molecule has 0 spiro atoms. The maximum atomic E-state index is 13.3. The van der Waals surface area contributed by atoms with Crippen LogP contribution in [0, 0.1) is 0 Å². The van der Waals surface area contributed by atoms with Gasteiger partial charge < -0.3 is 15.1 Å². The number of amides is 5. The number of aromatic nitrogens is 1. The van der Waals surface area contributed by atoms with Gasteiger partial charge in [-0.2, -0.15) is 13.2 Å². The van der Waals surface area contributed by atoms with Gasteiger partial charge in [-0.05, 0) is 91.8 Å². The van der Waals surface area contributed by atoms with E-state index in [9.17, 15) is 27.6 Å². The number of rotatable bonds is 8. The van der Waals surface area contributed by atoms with E-state index in [0.29, 0.717) is 16.3 Å². The second-order valence-electron chi connectivity index (χ2n) is 9.71. The molecule has 41 heavy (non-hydrogen) atoms. The Morgan fingerprint density at radius 3 is 2.29 bits per heavy atom. The van der Waals surface area contributed by atoms with Crippen molar-refractivity contribution in [1.82, 2.24) is 14.6 Å². The third kappa shape index (κ3) is 7.24. The summed E-state index contributed by atoms with van der Waals surface area (Å²) in [5, 5.41) is 3.20. The number of urea groups is 2. The van der Waals surface area contributed by atoms with Crippen LogP contribution in [-0.4, -0.2) is 53.0 Å². The summed E-state index contributed by atoms with van der Waals surface area (Å²) in [7, 11) is 3.84. The third-order valence-corrected chi connectivity index (χ3v) is 7.64. The minimum Gasteiger partial charge on any atom is -0.378 e. The number of nitrogens with one attached hydrogen (secondary N) is 2. The molecule has 1 saturated heterocycles. The molecule has 0 unspecified atom stereocenters. The molecule has 3 aromatic rings. The van der Waals surface area contributed by atoms with Crippen LogP contribution in [0.2, 0.25) is 0 Å². The maximum Gasteiger partial charge on any atom is 0.446 e. The summed E-state index contributed by atoms with van der Waals surface area (Å²) >= 11 is 0.713. The highest BCUT2D eigenvalue weighted by Gasteiger charge is 2.51. The lowest BCUT2D eigenvalue weighted by atomic mass is 10.0. The molecule has 216 valence electrons. The van der Waals surface area contributed by atoms with Crippen molar-refractivity contribution in [2.45, 2.75) is 41.4 Å². The molecule has 1 aromatic heterocycles. The van der Waals surface area contributed by atoms with Crippen molar-refractivity contribution in [2.24, 2.45) is 0 Å². The number of benzene rings is 2. The van der Waals surface area contributed by atoms with Gasteiger partial charge in [-0.15, -0.1) is 0 Å². The molecule has 4 rings (SSSR count). The second kappa shape index (κ2) is 11.9. The molecule has 2 N–H and O–H groups in total. The fourth-order valence-corrected chi connectivity index (χ4v) is 5.12. The summed E-state index contributed by atoms with van der Waals surface area (Å²) < 4.78 is 40.7. The Morgan fingerprint density at radius 2 is 1.68 bits per heavy atom. The van der Waals surface area contributed by atoms with Crippen molar-refractivity contribution in [2.75, 3.05) is 29.2 Å². The number of imide groups is 1. The SMILES string of the molecule is CN(C)c1ccc(NC(=O)NSc2cc(CN3C(=O)N(c4ccc(SC(F)(F)F)cc4)C(=O)C3(C)C)ccn2)cc1. The fourth-order valence-electron chi connectivity index (χ4n) is 4.01. The number of thioether (sulfide) groups is 1. The van der Waals surface area contributed by atoms with Crippen molar-refractivity contribution < 1.29 is 27.6 Å². The van der Waals surface area contributed by atoms with Crippen LogP contribution in [0.15, 0.2) is 76.8 Å². The predicted octanol–water partition coefficient (Wildman–Crippen LogP) is 6.34. The minimum atomic E-state index is -4.45. The molecule has 1 aliphatic rings. The van der Waals surface area contributed by atoms with E-state index in [1.165, 1.54) is 35.4 Å². The van der Waals surface area contributed by atoms with E-state index < -0.39 is 29.0 Å². The van der Waals surface area contributed by atoms with E-state index in [4.69, 9.17) is 0 Å². The average molecular weight is 605 g/mol. The summed E-state index contributed by atoms with van der Waals surface area (Å²) in [5.74, 6) is -0.501. The molecule has 9 nitrogen and oxygen atoms in total. The Bertz CT molecular complexity index is 1430. The molecule has 5 amide bonds. The highest BCUT2D eigenvalue weighted by atomic mass is 32.2. The van der Waals surface area contributed by atoms with E-state index in [-0.39, 0.29) is 28.9 Å². The first-order chi connectivity index (χ1) is 19.2. The molecule has 14 heteroatoms. The van der Waals surface area contributed by atoms with Crippen LogP contribution in [0.1, 0.15) is 19.4 Å². The first-order valence-electron chi connectivity index (χ1n) is 12.2. The smallest absolute Gasteiger partial charge is 0.378 e. The molecular weight excluding hydrogens is 577 g/mol. The lowest BCUT2D eigenvalue weighted by Gasteiger charge is -2.27. The van der Waals surface area contributed by atoms with Crippen LogP contribution in [0.5, 0.6) is 0 Å². The lowest BCUT2D eigenvalue weighted by molar-refractivity contribution is -0.123. The van der Waals surface area contributed by atoms with E-state index >= 15 is 0 Å². The van der Waals surface area contributed by atoms with Gasteiger partial charge in [-0.25, -0.2) is 19.5 Å². The minimum absolute atomic E-state index is 0.0530.